The Kier molecular flexibility index (Phi) is 6.14. The van der Waals surface area contributed by atoms with Crippen LogP contribution in [0.3, 0.4) is 0 Å². The van der Waals surface area contributed by atoms with Crippen molar-refractivity contribution in [3.63, 3.8) is 0 Å². The van der Waals surface area contributed by atoms with Gasteiger partial charge in [-0.15, -0.1) is 0 Å². The maximum absolute atomic E-state index is 12.6. The number of amides is 1. The number of carbonyl (C=O) groups excluding carboxylic acids is 2. The van der Waals surface area contributed by atoms with Crippen LogP contribution in [0, 0.1) is 0 Å². The second-order valence-electron chi connectivity index (χ2n) is 6.95. The van der Waals surface area contributed by atoms with Gasteiger partial charge in [0, 0.05) is 6.08 Å². The third kappa shape index (κ3) is 4.42. The monoisotopic (exact) mass is 379 g/mol. The number of hydrogen-bond acceptors (Lipinski definition) is 4. The number of methoxy groups -OCH3 is 2. The number of hydrogen-bond donors (Lipinski definition) is 1. The molecule has 0 saturated heterocycles. The van der Waals surface area contributed by atoms with E-state index in [1.54, 1.807) is 37.5 Å². The number of nitrogens with one attached hydrogen (secondary N) is 1. The molecule has 2 aromatic rings. The van der Waals surface area contributed by atoms with Crippen LogP contribution in [0.5, 0.6) is 5.75 Å². The molecule has 2 aromatic carbocycles. The van der Waals surface area contributed by atoms with Gasteiger partial charge in [0.25, 0.3) is 0 Å². The maximum Gasteiger partial charge on any atom is 0.337 e. The minimum atomic E-state index is -0.379. The number of benzene rings is 2. The lowest BCUT2D eigenvalue weighted by atomic mass is 9.88. The normalized spacial score (nSPS) is 15.4. The van der Waals surface area contributed by atoms with Crippen molar-refractivity contribution in [3.8, 4) is 5.75 Å². The summed E-state index contributed by atoms with van der Waals surface area (Å²) in [5.41, 5.74) is 2.10. The van der Waals surface area contributed by atoms with Crippen molar-refractivity contribution in [3.05, 3.63) is 71.3 Å². The molecule has 1 N–H and O–H groups in total. The van der Waals surface area contributed by atoms with E-state index in [2.05, 4.69) is 10.1 Å². The van der Waals surface area contributed by atoms with Crippen molar-refractivity contribution >= 4 is 18.0 Å². The molecular weight excluding hydrogens is 354 g/mol. The van der Waals surface area contributed by atoms with Gasteiger partial charge in [-0.3, -0.25) is 4.79 Å². The van der Waals surface area contributed by atoms with E-state index in [1.165, 1.54) is 13.2 Å². The van der Waals surface area contributed by atoms with Crippen LogP contribution in [0.25, 0.3) is 6.08 Å². The third-order valence-corrected chi connectivity index (χ3v) is 5.22. The summed E-state index contributed by atoms with van der Waals surface area (Å²) in [6.45, 7) is 0. The first-order valence-electron chi connectivity index (χ1n) is 9.39. The zero-order valence-corrected chi connectivity index (χ0v) is 16.2. The summed E-state index contributed by atoms with van der Waals surface area (Å²) >= 11 is 0. The van der Waals surface area contributed by atoms with E-state index < -0.39 is 0 Å². The van der Waals surface area contributed by atoms with Crippen molar-refractivity contribution < 1.29 is 19.1 Å². The van der Waals surface area contributed by atoms with Gasteiger partial charge in [-0.05, 0) is 54.3 Å². The van der Waals surface area contributed by atoms with E-state index in [0.717, 1.165) is 42.6 Å². The molecule has 0 bridgehead atoms. The van der Waals surface area contributed by atoms with Crippen molar-refractivity contribution in [2.75, 3.05) is 14.2 Å². The van der Waals surface area contributed by atoms with Crippen LogP contribution < -0.4 is 10.1 Å². The van der Waals surface area contributed by atoms with Crippen molar-refractivity contribution in [2.45, 2.75) is 31.2 Å². The third-order valence-electron chi connectivity index (χ3n) is 5.22. The highest BCUT2D eigenvalue weighted by Crippen LogP contribution is 2.39. The fourth-order valence-electron chi connectivity index (χ4n) is 3.67. The average Bonchev–Trinajstić information content (AvgIpc) is 3.21. The number of ether oxygens (including phenoxy) is 2. The Bertz CT molecular complexity index is 847. The lowest BCUT2D eigenvalue weighted by Crippen LogP contribution is -2.43. The van der Waals surface area contributed by atoms with Crippen molar-refractivity contribution in [1.29, 1.82) is 0 Å². The van der Waals surface area contributed by atoms with Gasteiger partial charge < -0.3 is 14.8 Å². The smallest absolute Gasteiger partial charge is 0.337 e. The number of carbonyl (C=O) groups is 2. The van der Waals surface area contributed by atoms with E-state index in [4.69, 9.17) is 4.74 Å². The number of esters is 1. The molecule has 1 saturated carbocycles. The van der Waals surface area contributed by atoms with Gasteiger partial charge in [-0.1, -0.05) is 37.1 Å². The van der Waals surface area contributed by atoms with Gasteiger partial charge in [-0.25, -0.2) is 4.79 Å². The summed E-state index contributed by atoms with van der Waals surface area (Å²) < 4.78 is 9.92. The minimum Gasteiger partial charge on any atom is -0.497 e. The predicted octanol–water partition coefficient (Wildman–Crippen LogP) is 4.08. The van der Waals surface area contributed by atoms with Gasteiger partial charge in [0.1, 0.15) is 5.75 Å². The first-order chi connectivity index (χ1) is 13.6. The second-order valence-corrected chi connectivity index (χ2v) is 6.95. The fourth-order valence-corrected chi connectivity index (χ4v) is 3.67. The fraction of sp³-hybridized carbons (Fsp3) is 0.304. The molecule has 1 aliphatic rings. The van der Waals surface area contributed by atoms with E-state index in [1.807, 2.05) is 24.3 Å². The molecule has 0 unspecified atom stereocenters. The van der Waals surface area contributed by atoms with Gasteiger partial charge >= 0.3 is 5.97 Å². The summed E-state index contributed by atoms with van der Waals surface area (Å²) in [6, 6.07) is 14.8. The van der Waals surface area contributed by atoms with Crippen LogP contribution in [-0.2, 0) is 15.1 Å². The van der Waals surface area contributed by atoms with E-state index >= 15 is 0 Å². The van der Waals surface area contributed by atoms with Crippen LogP contribution in [0.1, 0.15) is 47.2 Å². The minimum absolute atomic E-state index is 0.130. The molecule has 0 aliphatic heterocycles. The Morgan fingerprint density at radius 2 is 1.61 bits per heavy atom. The van der Waals surface area contributed by atoms with E-state index in [-0.39, 0.29) is 17.4 Å². The van der Waals surface area contributed by atoms with Crippen LogP contribution >= 0.6 is 0 Å². The molecule has 146 valence electrons. The van der Waals surface area contributed by atoms with Crippen LogP contribution in [0.4, 0.5) is 0 Å². The molecule has 1 aliphatic carbocycles. The maximum atomic E-state index is 12.6. The van der Waals surface area contributed by atoms with E-state index in [0.29, 0.717) is 5.56 Å². The van der Waals surface area contributed by atoms with Crippen molar-refractivity contribution in [2.24, 2.45) is 0 Å². The van der Waals surface area contributed by atoms with Gasteiger partial charge in [-0.2, -0.15) is 0 Å². The largest absolute Gasteiger partial charge is 0.497 e. The Morgan fingerprint density at radius 1 is 0.964 bits per heavy atom. The van der Waals surface area contributed by atoms with Crippen LogP contribution in [0.2, 0.25) is 0 Å². The first kappa shape index (κ1) is 19.7. The molecule has 0 heterocycles. The quantitative estimate of drug-likeness (QED) is 0.607. The first-order valence-corrected chi connectivity index (χ1v) is 9.39. The molecule has 5 heteroatoms. The highest BCUT2D eigenvalue weighted by atomic mass is 16.5. The molecule has 0 radical (unpaired) electrons. The molecular formula is C23H25NO4. The lowest BCUT2D eigenvalue weighted by molar-refractivity contribution is -0.118. The Labute approximate surface area is 165 Å². The molecule has 0 aromatic heterocycles. The molecule has 1 fully saturated rings. The van der Waals surface area contributed by atoms with E-state index in [9.17, 15) is 9.59 Å². The number of rotatable bonds is 6. The predicted molar refractivity (Wildman–Crippen MR) is 108 cm³/mol. The standard InChI is InChI=1S/C23H25NO4/c1-27-20-12-10-19(11-13-20)23(15-3-4-16-23)24-21(25)14-7-17-5-8-18(9-6-17)22(26)28-2/h5-14H,3-4,15-16H2,1-2H3,(H,24,25). The summed E-state index contributed by atoms with van der Waals surface area (Å²) in [6.07, 6.45) is 7.30. The van der Waals surface area contributed by atoms with Gasteiger partial charge in [0.05, 0.1) is 25.3 Å². The zero-order valence-electron chi connectivity index (χ0n) is 16.2. The second kappa shape index (κ2) is 8.74. The molecule has 3 rings (SSSR count). The van der Waals surface area contributed by atoms with Crippen LogP contribution in [0.15, 0.2) is 54.6 Å². The van der Waals surface area contributed by atoms with Crippen LogP contribution in [-0.4, -0.2) is 26.1 Å². The zero-order chi connectivity index (χ0) is 20.0. The molecule has 0 atom stereocenters. The molecule has 0 spiro atoms. The Morgan fingerprint density at radius 3 is 2.18 bits per heavy atom. The summed E-state index contributed by atoms with van der Waals surface area (Å²) in [5.74, 6) is 0.296. The SMILES string of the molecule is COC(=O)c1ccc(C=CC(=O)NC2(c3ccc(OC)cc3)CCCC2)cc1. The Hall–Kier alpha value is -3.08. The summed E-state index contributed by atoms with van der Waals surface area (Å²) in [7, 11) is 2.99. The van der Waals surface area contributed by atoms with Crippen molar-refractivity contribution in [1.82, 2.24) is 5.32 Å². The average molecular weight is 379 g/mol. The topological polar surface area (TPSA) is 64.6 Å². The highest BCUT2D eigenvalue weighted by molar-refractivity contribution is 5.93. The summed E-state index contributed by atoms with van der Waals surface area (Å²) in [5, 5.41) is 3.21. The lowest BCUT2D eigenvalue weighted by Gasteiger charge is -2.30. The Balaban J connectivity index is 1.70. The van der Waals surface area contributed by atoms with Gasteiger partial charge in [0.15, 0.2) is 0 Å². The highest BCUT2D eigenvalue weighted by Gasteiger charge is 2.36. The summed E-state index contributed by atoms with van der Waals surface area (Å²) in [4.78, 5) is 24.1. The van der Waals surface area contributed by atoms with Gasteiger partial charge in [0.2, 0.25) is 5.91 Å². The molecule has 28 heavy (non-hydrogen) atoms. The molecule has 5 nitrogen and oxygen atoms in total. The molecule has 1 amide bonds.